The van der Waals surface area contributed by atoms with E-state index in [2.05, 4.69) is 10.6 Å². The second-order valence-corrected chi connectivity index (χ2v) is 6.58. The van der Waals surface area contributed by atoms with Crippen LogP contribution in [-0.4, -0.2) is 17.4 Å². The van der Waals surface area contributed by atoms with E-state index in [1.54, 1.807) is 37.3 Å². The molecule has 24 heavy (non-hydrogen) atoms. The fraction of sp³-hybridized carbons (Fsp3) is 0.294. The van der Waals surface area contributed by atoms with Gasteiger partial charge in [0.2, 0.25) is 5.91 Å². The van der Waals surface area contributed by atoms with Crippen molar-refractivity contribution >= 4 is 46.9 Å². The highest BCUT2D eigenvalue weighted by Gasteiger charge is 2.27. The number of hydrogen-bond acceptors (Lipinski definition) is 4. The van der Waals surface area contributed by atoms with Crippen molar-refractivity contribution in [2.24, 2.45) is 5.73 Å². The molecule has 0 saturated heterocycles. The highest BCUT2D eigenvalue weighted by molar-refractivity contribution is 7.12. The van der Waals surface area contributed by atoms with Crippen molar-refractivity contribution in [1.29, 1.82) is 0 Å². The molecule has 4 N–H and O–H groups in total. The molecule has 1 aromatic heterocycles. The SMILES string of the molecule is CCCC(C)(N)C(=O)Nc1cccc(NC(=O)c2cccs2)c1.Cl. The van der Waals surface area contributed by atoms with Gasteiger partial charge in [0, 0.05) is 11.4 Å². The molecule has 0 bridgehead atoms. The highest BCUT2D eigenvalue weighted by Crippen LogP contribution is 2.19. The van der Waals surface area contributed by atoms with E-state index in [0.29, 0.717) is 22.7 Å². The van der Waals surface area contributed by atoms with Crippen LogP contribution >= 0.6 is 23.7 Å². The molecule has 0 aliphatic carbocycles. The zero-order chi connectivity index (χ0) is 16.9. The molecule has 1 aromatic carbocycles. The number of benzene rings is 1. The minimum atomic E-state index is -0.912. The first-order valence-corrected chi connectivity index (χ1v) is 8.35. The number of amides is 2. The van der Waals surface area contributed by atoms with E-state index >= 15 is 0 Å². The van der Waals surface area contributed by atoms with Crippen molar-refractivity contribution in [3.8, 4) is 0 Å². The average Bonchev–Trinajstić information content (AvgIpc) is 3.01. The lowest BCUT2D eigenvalue weighted by Crippen LogP contribution is -2.48. The molecule has 0 radical (unpaired) electrons. The molecule has 0 spiro atoms. The van der Waals surface area contributed by atoms with Crippen LogP contribution in [-0.2, 0) is 4.79 Å². The van der Waals surface area contributed by atoms with Crippen molar-refractivity contribution in [2.75, 3.05) is 10.6 Å². The maximum Gasteiger partial charge on any atom is 0.265 e. The van der Waals surface area contributed by atoms with Gasteiger partial charge in [0.05, 0.1) is 10.4 Å². The first-order chi connectivity index (χ1) is 10.9. The van der Waals surface area contributed by atoms with Crippen LogP contribution in [0.5, 0.6) is 0 Å². The van der Waals surface area contributed by atoms with Gasteiger partial charge in [0.25, 0.3) is 5.91 Å². The first kappa shape index (κ1) is 20.2. The lowest BCUT2D eigenvalue weighted by atomic mass is 9.96. The van der Waals surface area contributed by atoms with Crippen molar-refractivity contribution in [3.63, 3.8) is 0 Å². The molecule has 1 atom stereocenters. The Morgan fingerprint density at radius 3 is 2.42 bits per heavy atom. The van der Waals surface area contributed by atoms with Crippen LogP contribution in [0.25, 0.3) is 0 Å². The Bertz CT molecular complexity index is 687. The molecule has 0 aliphatic rings. The average molecular weight is 368 g/mol. The number of nitrogens with two attached hydrogens (primary N) is 1. The normalized spacial score (nSPS) is 12.6. The van der Waals surface area contributed by atoms with Gasteiger partial charge in [-0.3, -0.25) is 9.59 Å². The topological polar surface area (TPSA) is 84.2 Å². The number of anilines is 2. The van der Waals surface area contributed by atoms with E-state index in [1.165, 1.54) is 11.3 Å². The zero-order valence-corrected chi connectivity index (χ0v) is 15.3. The lowest BCUT2D eigenvalue weighted by molar-refractivity contribution is -0.120. The Labute approximate surface area is 152 Å². The fourth-order valence-corrected chi connectivity index (χ4v) is 2.80. The summed E-state index contributed by atoms with van der Waals surface area (Å²) in [6, 6.07) is 10.6. The minimum Gasteiger partial charge on any atom is -0.324 e. The predicted molar refractivity (Wildman–Crippen MR) is 102 cm³/mol. The largest absolute Gasteiger partial charge is 0.324 e. The molecule has 1 unspecified atom stereocenters. The highest BCUT2D eigenvalue weighted by atomic mass is 35.5. The third kappa shape index (κ3) is 5.33. The van der Waals surface area contributed by atoms with E-state index < -0.39 is 5.54 Å². The van der Waals surface area contributed by atoms with Crippen LogP contribution in [0.4, 0.5) is 11.4 Å². The number of carbonyl (C=O) groups excluding carboxylic acids is 2. The molecule has 7 heteroatoms. The van der Waals surface area contributed by atoms with Crippen LogP contribution in [0.3, 0.4) is 0 Å². The van der Waals surface area contributed by atoms with Crippen molar-refractivity contribution in [2.45, 2.75) is 32.2 Å². The maximum absolute atomic E-state index is 12.2. The summed E-state index contributed by atoms with van der Waals surface area (Å²) >= 11 is 1.38. The van der Waals surface area contributed by atoms with Crippen molar-refractivity contribution in [1.82, 2.24) is 0 Å². The molecular formula is C17H22ClN3O2S. The molecule has 0 aliphatic heterocycles. The molecule has 1 heterocycles. The summed E-state index contributed by atoms with van der Waals surface area (Å²) in [7, 11) is 0. The van der Waals surface area contributed by atoms with E-state index in [-0.39, 0.29) is 24.2 Å². The van der Waals surface area contributed by atoms with E-state index in [1.807, 2.05) is 18.4 Å². The molecule has 130 valence electrons. The summed E-state index contributed by atoms with van der Waals surface area (Å²) in [5.74, 6) is -0.404. The predicted octanol–water partition coefficient (Wildman–Crippen LogP) is 3.88. The summed E-state index contributed by atoms with van der Waals surface area (Å²) in [5, 5.41) is 7.46. The maximum atomic E-state index is 12.2. The number of carbonyl (C=O) groups is 2. The number of halogens is 1. The fourth-order valence-electron chi connectivity index (χ4n) is 2.18. The summed E-state index contributed by atoms with van der Waals surface area (Å²) in [6.07, 6.45) is 1.44. The smallest absolute Gasteiger partial charge is 0.265 e. The van der Waals surface area contributed by atoms with E-state index in [9.17, 15) is 9.59 Å². The van der Waals surface area contributed by atoms with Gasteiger partial charge in [-0.2, -0.15) is 0 Å². The third-order valence-electron chi connectivity index (χ3n) is 3.41. The van der Waals surface area contributed by atoms with Crippen molar-refractivity contribution in [3.05, 3.63) is 46.7 Å². The minimum absolute atomic E-state index is 0. The molecular weight excluding hydrogens is 346 g/mol. The van der Waals surface area contributed by atoms with Gasteiger partial charge < -0.3 is 16.4 Å². The van der Waals surface area contributed by atoms with Gasteiger partial charge >= 0.3 is 0 Å². The number of thiophene rings is 1. The van der Waals surface area contributed by atoms with Crippen molar-refractivity contribution < 1.29 is 9.59 Å². The van der Waals surface area contributed by atoms with Crippen LogP contribution in [0.2, 0.25) is 0 Å². The van der Waals surface area contributed by atoms with E-state index in [0.717, 1.165) is 6.42 Å². The van der Waals surface area contributed by atoms with Gasteiger partial charge in [-0.05, 0) is 43.0 Å². The monoisotopic (exact) mass is 367 g/mol. The Balaban J connectivity index is 0.00000288. The summed E-state index contributed by atoms with van der Waals surface area (Å²) in [4.78, 5) is 24.9. The molecule has 0 fully saturated rings. The van der Waals surface area contributed by atoms with Gasteiger partial charge in [0.1, 0.15) is 0 Å². The van der Waals surface area contributed by atoms with Crippen LogP contribution in [0.1, 0.15) is 36.4 Å². The van der Waals surface area contributed by atoms with E-state index in [4.69, 9.17) is 5.73 Å². The summed E-state index contributed by atoms with van der Waals surface area (Å²) in [6.45, 7) is 3.70. The standard InChI is InChI=1S/C17H21N3O2S.ClH/c1-3-9-17(2,18)16(22)20-13-7-4-6-12(11-13)19-15(21)14-8-5-10-23-14;/h4-8,10-11H,3,9,18H2,1-2H3,(H,19,21)(H,20,22);1H. The Morgan fingerprint density at radius 1 is 1.17 bits per heavy atom. The number of hydrogen-bond donors (Lipinski definition) is 3. The van der Waals surface area contributed by atoms with Gasteiger partial charge in [-0.15, -0.1) is 23.7 Å². The summed E-state index contributed by atoms with van der Waals surface area (Å²) in [5.41, 5.74) is 6.33. The van der Waals surface area contributed by atoms with Crippen LogP contribution in [0.15, 0.2) is 41.8 Å². The molecule has 2 rings (SSSR count). The van der Waals surface area contributed by atoms with Gasteiger partial charge in [-0.1, -0.05) is 25.5 Å². The molecule has 2 aromatic rings. The molecule has 5 nitrogen and oxygen atoms in total. The van der Waals surface area contributed by atoms with Crippen LogP contribution in [0, 0.1) is 0 Å². The quantitative estimate of drug-likeness (QED) is 0.724. The lowest BCUT2D eigenvalue weighted by Gasteiger charge is -2.23. The van der Waals surface area contributed by atoms with Gasteiger partial charge in [-0.25, -0.2) is 0 Å². The first-order valence-electron chi connectivity index (χ1n) is 7.47. The Kier molecular flexibility index (Phi) is 7.41. The summed E-state index contributed by atoms with van der Waals surface area (Å²) < 4.78 is 0. The third-order valence-corrected chi connectivity index (χ3v) is 4.28. The van der Waals surface area contributed by atoms with Gasteiger partial charge in [0.15, 0.2) is 0 Å². The number of nitrogens with one attached hydrogen (secondary N) is 2. The zero-order valence-electron chi connectivity index (χ0n) is 13.7. The Hall–Kier alpha value is -1.89. The number of rotatable bonds is 6. The second-order valence-electron chi connectivity index (χ2n) is 5.63. The van der Waals surface area contributed by atoms with Crippen LogP contribution < -0.4 is 16.4 Å². The molecule has 0 saturated carbocycles. The molecule has 2 amide bonds. The second kappa shape index (κ2) is 8.82. The Morgan fingerprint density at radius 2 is 1.83 bits per heavy atom.